The summed E-state index contributed by atoms with van der Waals surface area (Å²) in [4.78, 5) is 3.69. The molecule has 0 atom stereocenters. The highest BCUT2D eigenvalue weighted by Gasteiger charge is 2.29. The Balaban J connectivity index is 2.77. The molecule has 1 rings (SSSR count). The highest BCUT2D eigenvalue weighted by molar-refractivity contribution is 14.1. The molecule has 1 heterocycles. The molecule has 12 heavy (non-hydrogen) atoms. The first kappa shape index (κ1) is 10.1. The Morgan fingerprint density at radius 2 is 2.00 bits per heavy atom. The molecule has 0 N–H and O–H groups in total. The highest BCUT2D eigenvalue weighted by Crippen LogP contribution is 2.35. The van der Waals surface area contributed by atoms with Gasteiger partial charge in [0.2, 0.25) is 0 Å². The van der Waals surface area contributed by atoms with E-state index in [-0.39, 0.29) is 16.8 Å². The smallest absolute Gasteiger partial charge is 0.235 e. The summed E-state index contributed by atoms with van der Waals surface area (Å²) in [5.41, 5.74) is -4.25. The molecule has 0 radical (unpaired) electrons. The van der Waals surface area contributed by atoms with Gasteiger partial charge >= 0.3 is 5.51 Å². The molecule has 0 unspecified atom stereocenters. The summed E-state index contributed by atoms with van der Waals surface area (Å²) < 4.78 is 35.9. The predicted molar refractivity (Wildman–Crippen MR) is 48.9 cm³/mol. The monoisotopic (exact) mass is 305 g/mol. The van der Waals surface area contributed by atoms with Gasteiger partial charge in [0.25, 0.3) is 0 Å². The van der Waals surface area contributed by atoms with E-state index in [1.54, 1.807) is 12.1 Å². The number of pyridine rings is 1. The number of alkyl halides is 3. The third-order valence-electron chi connectivity index (χ3n) is 0.910. The Morgan fingerprint density at radius 1 is 1.33 bits per heavy atom. The molecule has 0 fully saturated rings. The average Bonchev–Trinajstić information content (AvgIpc) is 1.82. The molecule has 0 spiro atoms. The lowest BCUT2D eigenvalue weighted by atomic mass is 10.5. The van der Waals surface area contributed by atoms with E-state index < -0.39 is 5.51 Å². The van der Waals surface area contributed by atoms with Crippen molar-refractivity contribution in [2.45, 2.75) is 10.5 Å². The van der Waals surface area contributed by atoms with E-state index in [0.29, 0.717) is 3.70 Å². The van der Waals surface area contributed by atoms with Crippen molar-refractivity contribution in [3.05, 3.63) is 21.9 Å². The van der Waals surface area contributed by atoms with Crippen molar-refractivity contribution >= 4 is 34.4 Å². The van der Waals surface area contributed by atoms with Crippen molar-refractivity contribution in [1.29, 1.82) is 0 Å². The molecule has 1 nitrogen and oxygen atoms in total. The van der Waals surface area contributed by atoms with Crippen molar-refractivity contribution in [3.8, 4) is 0 Å². The normalized spacial score (nSPS) is 11.7. The lowest BCUT2D eigenvalue weighted by molar-refractivity contribution is -0.0329. The number of rotatable bonds is 1. The largest absolute Gasteiger partial charge is 0.447 e. The van der Waals surface area contributed by atoms with Crippen LogP contribution in [-0.2, 0) is 0 Å². The third-order valence-corrected chi connectivity index (χ3v) is 2.18. The van der Waals surface area contributed by atoms with Crippen molar-refractivity contribution in [1.82, 2.24) is 4.98 Å². The van der Waals surface area contributed by atoms with Crippen LogP contribution in [0, 0.1) is 3.70 Å². The fourth-order valence-corrected chi connectivity index (χ4v) is 1.72. The van der Waals surface area contributed by atoms with E-state index in [9.17, 15) is 13.2 Å². The molecule has 0 bridgehead atoms. The van der Waals surface area contributed by atoms with Gasteiger partial charge in [0, 0.05) is 11.8 Å². The van der Waals surface area contributed by atoms with Gasteiger partial charge in [0.15, 0.2) is 0 Å². The summed E-state index contributed by atoms with van der Waals surface area (Å²) >= 11 is 1.66. The van der Waals surface area contributed by atoms with Crippen LogP contribution in [-0.4, -0.2) is 10.5 Å². The Kier molecular flexibility index (Phi) is 3.22. The quantitative estimate of drug-likeness (QED) is 0.448. The fraction of sp³-hybridized carbons (Fsp3) is 0.167. The number of thioether (sulfide) groups is 1. The molecule has 0 aliphatic carbocycles. The van der Waals surface area contributed by atoms with Gasteiger partial charge in [-0.15, -0.1) is 0 Å². The SMILES string of the molecule is FC(F)(F)Sc1cccc(I)n1. The van der Waals surface area contributed by atoms with E-state index in [1.165, 1.54) is 6.07 Å². The van der Waals surface area contributed by atoms with Crippen LogP contribution in [0.25, 0.3) is 0 Å². The molecule has 1 aromatic rings. The Morgan fingerprint density at radius 3 is 2.50 bits per heavy atom. The van der Waals surface area contributed by atoms with Crippen molar-refractivity contribution < 1.29 is 13.2 Å². The van der Waals surface area contributed by atoms with Crippen LogP contribution < -0.4 is 0 Å². The minimum absolute atomic E-state index is 0.0191. The van der Waals surface area contributed by atoms with Crippen molar-refractivity contribution in [2.75, 3.05) is 0 Å². The van der Waals surface area contributed by atoms with Gasteiger partial charge in [-0.1, -0.05) is 6.07 Å². The molecule has 0 aliphatic rings. The van der Waals surface area contributed by atoms with Gasteiger partial charge in [0.05, 0.1) is 0 Å². The van der Waals surface area contributed by atoms with Gasteiger partial charge in [-0.2, -0.15) is 13.2 Å². The lowest BCUT2D eigenvalue weighted by Gasteiger charge is -2.03. The third kappa shape index (κ3) is 3.61. The highest BCUT2D eigenvalue weighted by atomic mass is 127. The molecule has 1 aromatic heterocycles. The first-order chi connectivity index (χ1) is 5.47. The average molecular weight is 305 g/mol. The van der Waals surface area contributed by atoms with Crippen LogP contribution in [0.1, 0.15) is 0 Å². The number of aromatic nitrogens is 1. The minimum Gasteiger partial charge on any atom is -0.235 e. The number of halogens is 4. The minimum atomic E-state index is -4.25. The zero-order valence-corrected chi connectivity index (χ0v) is 8.57. The zero-order chi connectivity index (χ0) is 9.19. The maximum atomic E-state index is 11.8. The first-order valence-electron chi connectivity index (χ1n) is 2.86. The van der Waals surface area contributed by atoms with Crippen molar-refractivity contribution in [2.24, 2.45) is 0 Å². The van der Waals surface area contributed by atoms with E-state index in [0.717, 1.165) is 0 Å². The Hall–Kier alpha value is 0.0200. The molecular formula is C6H3F3INS. The lowest BCUT2D eigenvalue weighted by Crippen LogP contribution is -2.00. The van der Waals surface area contributed by atoms with E-state index >= 15 is 0 Å². The molecule has 0 aliphatic heterocycles. The molecule has 6 heteroatoms. The van der Waals surface area contributed by atoms with Crippen LogP contribution in [0.4, 0.5) is 13.2 Å². The van der Waals surface area contributed by atoms with Gasteiger partial charge in [-0.3, -0.25) is 0 Å². The Bertz CT molecular complexity index is 276. The maximum absolute atomic E-state index is 11.8. The topological polar surface area (TPSA) is 12.9 Å². The predicted octanol–water partition coefficient (Wildman–Crippen LogP) is 3.30. The second-order valence-electron chi connectivity index (χ2n) is 1.85. The van der Waals surface area contributed by atoms with Gasteiger partial charge in [-0.05, 0) is 34.7 Å². The molecule has 0 saturated carbocycles. The summed E-state index contributed by atoms with van der Waals surface area (Å²) in [6, 6.07) is 4.52. The molecule has 66 valence electrons. The van der Waals surface area contributed by atoms with Gasteiger partial charge in [-0.25, -0.2) is 4.98 Å². The summed E-state index contributed by atoms with van der Waals surface area (Å²) in [5, 5.41) is -0.0191. The Labute approximate surface area is 84.9 Å². The van der Waals surface area contributed by atoms with Crippen LogP contribution in [0.3, 0.4) is 0 Å². The number of nitrogens with zero attached hydrogens (tertiary/aromatic N) is 1. The van der Waals surface area contributed by atoms with E-state index in [2.05, 4.69) is 4.98 Å². The van der Waals surface area contributed by atoms with E-state index in [4.69, 9.17) is 0 Å². The molecular weight excluding hydrogens is 302 g/mol. The van der Waals surface area contributed by atoms with Gasteiger partial charge < -0.3 is 0 Å². The number of hydrogen-bond acceptors (Lipinski definition) is 2. The number of hydrogen-bond donors (Lipinski definition) is 0. The summed E-state index contributed by atoms with van der Waals surface area (Å²) in [7, 11) is 0. The maximum Gasteiger partial charge on any atom is 0.447 e. The first-order valence-corrected chi connectivity index (χ1v) is 4.75. The molecule has 0 amide bonds. The molecule has 0 aromatic carbocycles. The van der Waals surface area contributed by atoms with Crippen LogP contribution in [0.5, 0.6) is 0 Å². The zero-order valence-electron chi connectivity index (χ0n) is 5.60. The molecule has 0 saturated heterocycles. The van der Waals surface area contributed by atoms with Crippen molar-refractivity contribution in [3.63, 3.8) is 0 Å². The van der Waals surface area contributed by atoms with Crippen LogP contribution in [0.2, 0.25) is 0 Å². The van der Waals surface area contributed by atoms with Crippen LogP contribution >= 0.6 is 34.4 Å². The summed E-state index contributed by atoms with van der Waals surface area (Å²) in [6.45, 7) is 0. The fourth-order valence-electron chi connectivity index (χ4n) is 0.565. The second kappa shape index (κ2) is 3.82. The second-order valence-corrected chi connectivity index (χ2v) is 4.04. The summed E-state index contributed by atoms with van der Waals surface area (Å²) in [6.07, 6.45) is 0. The summed E-state index contributed by atoms with van der Waals surface area (Å²) in [5.74, 6) is 0. The van der Waals surface area contributed by atoms with Crippen LogP contribution in [0.15, 0.2) is 23.2 Å². The van der Waals surface area contributed by atoms with E-state index in [1.807, 2.05) is 22.6 Å². The van der Waals surface area contributed by atoms with Gasteiger partial charge in [0.1, 0.15) is 8.73 Å². The standard InChI is InChI=1S/C6H3F3INS/c7-6(8,9)12-5-3-1-2-4(10)11-5/h1-3H.